The molecule has 0 radical (unpaired) electrons. The fourth-order valence-electron chi connectivity index (χ4n) is 9.68. The van der Waals surface area contributed by atoms with Crippen LogP contribution in [-0.2, 0) is 20.8 Å². The summed E-state index contributed by atoms with van der Waals surface area (Å²) in [4.78, 5) is 71.8. The SMILES string of the molecule is Nc1nnc(-c2ccccc2O)cc1N1CC2CCC(C1)N2c1cccc(CC2CCN(C(=O)CCNc3cccc4c3C(=O)N(C3CCC(=O)NC3=O)C4=O)CC2)c1. The maximum atomic E-state index is 13.4. The molecule has 0 aliphatic carbocycles. The number of phenols is 1. The number of aromatic hydroxyl groups is 1. The van der Waals surface area contributed by atoms with Gasteiger partial charge >= 0.3 is 0 Å². The number of hydrogen-bond acceptors (Lipinski definition) is 12. The Morgan fingerprint density at radius 2 is 1.59 bits per heavy atom. The highest BCUT2D eigenvalue weighted by Crippen LogP contribution is 2.40. The van der Waals surface area contributed by atoms with Gasteiger partial charge < -0.3 is 30.9 Å². The number of carbonyl (C=O) groups excluding carboxylic acids is 5. The Morgan fingerprint density at radius 3 is 2.36 bits per heavy atom. The number of likely N-dealkylation sites (tertiary alicyclic amines) is 1. The fraction of sp³-hybridized carbons (Fsp3) is 0.386. The number of piperidine rings is 2. The Hall–Kier alpha value is -6.51. The van der Waals surface area contributed by atoms with Crippen LogP contribution in [0.25, 0.3) is 11.3 Å². The number of para-hydroxylation sites is 1. The third-order valence-corrected chi connectivity index (χ3v) is 12.6. The van der Waals surface area contributed by atoms with Crippen molar-refractivity contribution >= 4 is 52.4 Å². The lowest BCUT2D eigenvalue weighted by atomic mass is 9.89. The van der Waals surface area contributed by atoms with E-state index in [1.807, 2.05) is 23.1 Å². The number of anilines is 4. The quantitative estimate of drug-likeness (QED) is 0.169. The number of carbonyl (C=O) groups is 5. The van der Waals surface area contributed by atoms with Gasteiger partial charge in [0, 0.05) is 74.6 Å². The van der Waals surface area contributed by atoms with Crippen molar-refractivity contribution in [2.24, 2.45) is 5.92 Å². The Morgan fingerprint density at radius 1 is 0.847 bits per heavy atom. The second-order valence-corrected chi connectivity index (χ2v) is 16.3. The van der Waals surface area contributed by atoms with Crippen molar-refractivity contribution < 1.29 is 29.1 Å². The van der Waals surface area contributed by atoms with Gasteiger partial charge in [0.1, 0.15) is 11.8 Å². The second kappa shape index (κ2) is 15.7. The number of phenolic OH excluding ortho intramolecular Hbond substituents is 1. The van der Waals surface area contributed by atoms with Gasteiger partial charge in [-0.25, -0.2) is 0 Å². The van der Waals surface area contributed by atoms with Crippen LogP contribution in [0.1, 0.15) is 71.2 Å². The fourth-order valence-corrected chi connectivity index (χ4v) is 9.68. The maximum absolute atomic E-state index is 13.4. The number of aromatic nitrogens is 2. The van der Waals surface area contributed by atoms with Gasteiger partial charge in [0.05, 0.1) is 22.5 Å². The van der Waals surface area contributed by atoms with E-state index in [2.05, 4.69) is 54.9 Å². The van der Waals surface area contributed by atoms with Crippen molar-refractivity contribution in [2.45, 2.75) is 69.5 Å². The summed E-state index contributed by atoms with van der Waals surface area (Å²) in [6.45, 7) is 3.27. The number of nitrogen functional groups attached to an aromatic ring is 1. The van der Waals surface area contributed by atoms with E-state index in [1.54, 1.807) is 30.3 Å². The van der Waals surface area contributed by atoms with Crippen LogP contribution in [0.4, 0.5) is 22.9 Å². The largest absolute Gasteiger partial charge is 0.507 e. The van der Waals surface area contributed by atoms with Crippen molar-refractivity contribution in [1.82, 2.24) is 25.3 Å². The number of imide groups is 2. The number of benzene rings is 3. The van der Waals surface area contributed by atoms with E-state index in [0.29, 0.717) is 53.9 Å². The van der Waals surface area contributed by atoms with E-state index >= 15 is 0 Å². The molecule has 304 valence electrons. The highest BCUT2D eigenvalue weighted by molar-refractivity contribution is 6.25. The van der Waals surface area contributed by atoms with E-state index in [0.717, 1.165) is 55.8 Å². The van der Waals surface area contributed by atoms with Gasteiger partial charge in [-0.2, -0.15) is 0 Å². The number of nitrogens with one attached hydrogen (secondary N) is 2. The molecule has 15 heteroatoms. The van der Waals surface area contributed by atoms with Crippen LogP contribution in [-0.4, -0.2) is 105 Å². The highest BCUT2D eigenvalue weighted by atomic mass is 16.3. The zero-order chi connectivity index (χ0) is 40.8. The topological polar surface area (TPSA) is 194 Å². The Kier molecular flexibility index (Phi) is 10.1. The second-order valence-electron chi connectivity index (χ2n) is 16.3. The zero-order valence-corrected chi connectivity index (χ0v) is 32.7. The summed E-state index contributed by atoms with van der Waals surface area (Å²) >= 11 is 0. The first-order valence-corrected chi connectivity index (χ1v) is 20.5. The number of amides is 5. The summed E-state index contributed by atoms with van der Waals surface area (Å²) in [7, 11) is 0. The molecule has 3 unspecified atom stereocenters. The number of nitrogens with zero attached hydrogens (tertiary/aromatic N) is 6. The summed E-state index contributed by atoms with van der Waals surface area (Å²) in [5.74, 6) is -1.19. The average Bonchev–Trinajstić information content (AvgIpc) is 3.65. The van der Waals surface area contributed by atoms with Crippen molar-refractivity contribution in [3.8, 4) is 17.0 Å². The molecule has 9 rings (SSSR count). The van der Waals surface area contributed by atoms with E-state index in [9.17, 15) is 29.1 Å². The molecule has 3 atom stereocenters. The third kappa shape index (κ3) is 7.29. The standard InChI is InChI=1S/C44H47N9O6/c45-41-36(23-34(48-49-41)31-7-1-2-10-37(31)54)51-24-29-11-12-30(25-51)52(29)28-6-3-5-27(22-28)21-26-16-19-50(20-17-26)39(56)15-18-46-33-9-4-8-32-40(33)44(59)53(43(32)58)35-13-14-38(55)47-42(35)57/h1-10,22-23,26,29-30,35,46,54H,11-21,24-25H2,(H2,45,49)(H,47,55,57). The van der Waals surface area contributed by atoms with E-state index < -0.39 is 29.7 Å². The molecule has 6 heterocycles. The average molecular weight is 798 g/mol. The van der Waals surface area contributed by atoms with Crippen LogP contribution >= 0.6 is 0 Å². The highest BCUT2D eigenvalue weighted by Gasteiger charge is 2.46. The first-order chi connectivity index (χ1) is 28.6. The van der Waals surface area contributed by atoms with Gasteiger partial charge in [-0.05, 0) is 92.5 Å². The minimum absolute atomic E-state index is 0.0338. The number of rotatable bonds is 10. The predicted octanol–water partition coefficient (Wildman–Crippen LogP) is 3.97. The van der Waals surface area contributed by atoms with Gasteiger partial charge in [0.15, 0.2) is 5.82 Å². The van der Waals surface area contributed by atoms with Gasteiger partial charge in [0.25, 0.3) is 11.8 Å². The lowest BCUT2D eigenvalue weighted by Gasteiger charge is -2.43. The molecule has 0 spiro atoms. The molecule has 2 bridgehead atoms. The molecule has 1 aromatic heterocycles. The van der Waals surface area contributed by atoms with Crippen LogP contribution in [0.15, 0.2) is 72.8 Å². The number of piperazine rings is 1. The maximum Gasteiger partial charge on any atom is 0.264 e. The van der Waals surface area contributed by atoms with Crippen LogP contribution in [0.3, 0.4) is 0 Å². The molecular formula is C44H47N9O6. The smallest absolute Gasteiger partial charge is 0.264 e. The molecule has 0 saturated carbocycles. The Balaban J connectivity index is 0.768. The van der Waals surface area contributed by atoms with Crippen LogP contribution in [0.5, 0.6) is 5.75 Å². The van der Waals surface area contributed by atoms with Gasteiger partial charge in [-0.1, -0.05) is 30.3 Å². The molecule has 5 aliphatic rings. The minimum Gasteiger partial charge on any atom is -0.507 e. The van der Waals surface area contributed by atoms with Crippen LogP contribution < -0.4 is 26.2 Å². The number of nitrogens with two attached hydrogens (primary N) is 1. The molecule has 15 nitrogen and oxygen atoms in total. The molecule has 5 N–H and O–H groups in total. The monoisotopic (exact) mass is 797 g/mol. The lowest BCUT2D eigenvalue weighted by molar-refractivity contribution is -0.136. The summed E-state index contributed by atoms with van der Waals surface area (Å²) in [5, 5.41) is 24.4. The molecule has 3 aromatic carbocycles. The first-order valence-electron chi connectivity index (χ1n) is 20.5. The Labute approximate surface area is 341 Å². The molecule has 5 aliphatic heterocycles. The third-order valence-electron chi connectivity index (χ3n) is 12.6. The summed E-state index contributed by atoms with van der Waals surface area (Å²) < 4.78 is 0. The van der Waals surface area contributed by atoms with Crippen LogP contribution in [0.2, 0.25) is 0 Å². The first kappa shape index (κ1) is 38.0. The number of fused-ring (bicyclic) bond motifs is 3. The van der Waals surface area contributed by atoms with E-state index in [4.69, 9.17) is 5.73 Å². The zero-order valence-electron chi connectivity index (χ0n) is 32.7. The van der Waals surface area contributed by atoms with Crippen molar-refractivity contribution in [1.29, 1.82) is 0 Å². The lowest BCUT2D eigenvalue weighted by Crippen LogP contribution is -2.54. The molecule has 5 amide bonds. The summed E-state index contributed by atoms with van der Waals surface area (Å²) in [6.07, 6.45) is 5.32. The molecule has 4 saturated heterocycles. The Bertz CT molecular complexity index is 2330. The van der Waals surface area contributed by atoms with Gasteiger partial charge in [-0.15, -0.1) is 10.2 Å². The van der Waals surface area contributed by atoms with Crippen molar-refractivity contribution in [3.63, 3.8) is 0 Å². The number of hydrogen-bond donors (Lipinski definition) is 4. The van der Waals surface area contributed by atoms with Gasteiger partial charge in [0.2, 0.25) is 17.7 Å². The minimum atomic E-state index is -1.04. The molecule has 59 heavy (non-hydrogen) atoms. The van der Waals surface area contributed by atoms with E-state index in [-0.39, 0.29) is 48.6 Å². The molecule has 4 fully saturated rings. The van der Waals surface area contributed by atoms with E-state index in [1.165, 1.54) is 11.3 Å². The summed E-state index contributed by atoms with van der Waals surface area (Å²) in [6, 6.07) is 22.5. The van der Waals surface area contributed by atoms with Gasteiger partial charge in [-0.3, -0.25) is 34.2 Å². The van der Waals surface area contributed by atoms with Crippen molar-refractivity contribution in [3.05, 3.63) is 89.5 Å². The van der Waals surface area contributed by atoms with Crippen molar-refractivity contribution in [2.75, 3.05) is 53.6 Å². The van der Waals surface area contributed by atoms with Crippen LogP contribution in [0, 0.1) is 5.92 Å². The molecule has 4 aromatic rings. The summed E-state index contributed by atoms with van der Waals surface area (Å²) in [5.41, 5.74) is 11.8. The normalized spacial score (nSPS) is 21.9. The molecular weight excluding hydrogens is 751 g/mol. The predicted molar refractivity (Wildman–Crippen MR) is 221 cm³/mol.